The fourth-order valence-electron chi connectivity index (χ4n) is 4.06. The Morgan fingerprint density at radius 2 is 1.22 bits per heavy atom. The highest BCUT2D eigenvalue weighted by Gasteiger charge is 2.27. The van der Waals surface area contributed by atoms with Crippen molar-refractivity contribution in [2.24, 2.45) is 0 Å². The van der Waals surface area contributed by atoms with E-state index < -0.39 is 5.97 Å². The Hall–Kier alpha value is -1.10. The van der Waals surface area contributed by atoms with Gasteiger partial charge in [0.15, 0.2) is 0 Å². The fraction of sp³-hybridized carbons (Fsp3) is 0.926. The molecule has 1 N–H and O–H groups in total. The number of aliphatic carboxylic acids is 1. The van der Waals surface area contributed by atoms with E-state index in [1.807, 2.05) is 34.6 Å². The van der Waals surface area contributed by atoms with Crippen molar-refractivity contribution in [3.63, 3.8) is 0 Å². The number of carbonyl (C=O) groups is 2. The van der Waals surface area contributed by atoms with Crippen molar-refractivity contribution in [3.05, 3.63) is 0 Å². The molecule has 1 amide bonds. The highest BCUT2D eigenvalue weighted by atomic mass is 16.5. The molecular formula is C27H55NO4. The minimum absolute atomic E-state index is 0.310. The van der Waals surface area contributed by atoms with Gasteiger partial charge in [0, 0.05) is 26.0 Å². The van der Waals surface area contributed by atoms with Crippen LogP contribution in [-0.2, 0) is 14.3 Å². The monoisotopic (exact) mass is 457 g/mol. The van der Waals surface area contributed by atoms with Gasteiger partial charge in [-0.05, 0) is 32.6 Å². The molecule has 1 saturated heterocycles. The minimum atomic E-state index is -0.675. The number of carbonyl (C=O) groups excluding carboxylic acids is 1. The van der Waals surface area contributed by atoms with E-state index in [0.717, 1.165) is 45.3 Å². The second-order valence-corrected chi connectivity index (χ2v) is 8.18. The molecule has 0 saturated carbocycles. The summed E-state index contributed by atoms with van der Waals surface area (Å²) in [5.41, 5.74) is 0. The normalized spacial score (nSPS) is 14.9. The summed E-state index contributed by atoms with van der Waals surface area (Å²) in [5, 5.41) is 8.58. The first-order valence-corrected chi connectivity index (χ1v) is 13.7. The Bertz CT molecular complexity index is 414. The maximum Gasteiger partial charge on any atom is 0.303 e. The SMILES string of the molecule is CC.CC.CCOCC1CCCN1C(=O)CCCCCCCCCCCCCCC(=O)O. The van der Waals surface area contributed by atoms with Crippen LogP contribution in [0.5, 0.6) is 0 Å². The van der Waals surface area contributed by atoms with E-state index in [4.69, 9.17) is 9.84 Å². The first kappa shape index (κ1) is 33.1. The Labute approximate surface area is 199 Å². The molecule has 32 heavy (non-hydrogen) atoms. The number of amides is 1. The second-order valence-electron chi connectivity index (χ2n) is 8.18. The van der Waals surface area contributed by atoms with Crippen LogP contribution in [0.4, 0.5) is 0 Å². The molecule has 0 aromatic rings. The van der Waals surface area contributed by atoms with Crippen LogP contribution < -0.4 is 0 Å². The number of unbranched alkanes of at least 4 members (excludes halogenated alkanes) is 11. The third-order valence-corrected chi connectivity index (χ3v) is 5.74. The lowest BCUT2D eigenvalue weighted by atomic mass is 10.0. The predicted molar refractivity (Wildman–Crippen MR) is 136 cm³/mol. The third-order valence-electron chi connectivity index (χ3n) is 5.74. The molecule has 1 aliphatic heterocycles. The van der Waals surface area contributed by atoms with E-state index in [1.165, 1.54) is 57.8 Å². The predicted octanol–water partition coefficient (Wildman–Crippen LogP) is 7.61. The zero-order valence-corrected chi connectivity index (χ0v) is 22.1. The van der Waals surface area contributed by atoms with Gasteiger partial charge >= 0.3 is 5.97 Å². The largest absolute Gasteiger partial charge is 0.481 e. The summed E-state index contributed by atoms with van der Waals surface area (Å²) >= 11 is 0. The molecular weight excluding hydrogens is 402 g/mol. The van der Waals surface area contributed by atoms with E-state index in [9.17, 15) is 9.59 Å². The standard InChI is InChI=1S/C23H43NO4.2C2H6/c1-2-28-20-21-16-15-19-24(21)22(25)17-13-11-9-7-5-3-4-6-8-10-12-14-18-23(26)27;2*1-2/h21H,2-20H2,1H3,(H,26,27);2*1-2H3. The summed E-state index contributed by atoms with van der Waals surface area (Å²) < 4.78 is 5.51. The number of nitrogens with zero attached hydrogens (tertiary/aromatic N) is 1. The molecule has 1 heterocycles. The van der Waals surface area contributed by atoms with Crippen molar-refractivity contribution in [1.82, 2.24) is 4.90 Å². The molecule has 5 nitrogen and oxygen atoms in total. The van der Waals surface area contributed by atoms with Gasteiger partial charge in [0.05, 0.1) is 12.6 Å². The zero-order valence-electron chi connectivity index (χ0n) is 22.1. The molecule has 1 unspecified atom stereocenters. The molecule has 5 heteroatoms. The second kappa shape index (κ2) is 26.2. The van der Waals surface area contributed by atoms with Gasteiger partial charge in [-0.1, -0.05) is 91.9 Å². The van der Waals surface area contributed by atoms with Crippen molar-refractivity contribution in [3.8, 4) is 0 Å². The first-order valence-electron chi connectivity index (χ1n) is 13.7. The molecule has 0 bridgehead atoms. The molecule has 0 aromatic heterocycles. The van der Waals surface area contributed by atoms with Crippen LogP contribution in [0, 0.1) is 0 Å². The lowest BCUT2D eigenvalue weighted by molar-refractivity contribution is -0.137. The average molecular weight is 458 g/mol. The summed E-state index contributed by atoms with van der Waals surface area (Å²) in [6.45, 7) is 12.3. The lowest BCUT2D eigenvalue weighted by Crippen LogP contribution is -2.38. The average Bonchev–Trinajstić information content (AvgIpc) is 3.29. The molecule has 1 fully saturated rings. The van der Waals surface area contributed by atoms with Crippen molar-refractivity contribution in [2.75, 3.05) is 19.8 Å². The van der Waals surface area contributed by atoms with Crippen molar-refractivity contribution >= 4 is 11.9 Å². The first-order chi connectivity index (χ1) is 15.6. The topological polar surface area (TPSA) is 66.8 Å². The van der Waals surface area contributed by atoms with Gasteiger partial charge in [0.1, 0.15) is 0 Å². The molecule has 1 rings (SSSR count). The van der Waals surface area contributed by atoms with Gasteiger partial charge < -0.3 is 14.7 Å². The van der Waals surface area contributed by atoms with Gasteiger partial charge in [0.25, 0.3) is 0 Å². The fourth-order valence-corrected chi connectivity index (χ4v) is 4.06. The van der Waals surface area contributed by atoms with Crippen LogP contribution in [0.3, 0.4) is 0 Å². The third kappa shape index (κ3) is 19.6. The summed E-state index contributed by atoms with van der Waals surface area (Å²) in [6.07, 6.45) is 17.4. The van der Waals surface area contributed by atoms with E-state index in [-0.39, 0.29) is 0 Å². The highest BCUT2D eigenvalue weighted by molar-refractivity contribution is 5.76. The molecule has 1 aliphatic rings. The van der Waals surface area contributed by atoms with E-state index >= 15 is 0 Å². The summed E-state index contributed by atoms with van der Waals surface area (Å²) in [7, 11) is 0. The van der Waals surface area contributed by atoms with E-state index in [1.54, 1.807) is 0 Å². The Morgan fingerprint density at radius 1 is 0.781 bits per heavy atom. The maximum absolute atomic E-state index is 12.4. The summed E-state index contributed by atoms with van der Waals surface area (Å²) in [6, 6.07) is 0.310. The number of ether oxygens (including phenoxy) is 1. The van der Waals surface area contributed by atoms with Gasteiger partial charge in [-0.2, -0.15) is 0 Å². The van der Waals surface area contributed by atoms with Crippen LogP contribution in [0.2, 0.25) is 0 Å². The van der Waals surface area contributed by atoms with Crippen molar-refractivity contribution in [1.29, 1.82) is 0 Å². The van der Waals surface area contributed by atoms with Crippen LogP contribution in [0.1, 0.15) is 137 Å². The van der Waals surface area contributed by atoms with Gasteiger partial charge in [-0.15, -0.1) is 0 Å². The summed E-state index contributed by atoms with van der Waals surface area (Å²) in [4.78, 5) is 24.9. The van der Waals surface area contributed by atoms with Crippen molar-refractivity contribution in [2.45, 2.75) is 143 Å². The zero-order chi connectivity index (χ0) is 24.5. The van der Waals surface area contributed by atoms with Crippen molar-refractivity contribution < 1.29 is 19.4 Å². The van der Waals surface area contributed by atoms with Crippen LogP contribution in [0.25, 0.3) is 0 Å². The number of likely N-dealkylation sites (tertiary alicyclic amines) is 1. The van der Waals surface area contributed by atoms with Crippen LogP contribution in [0.15, 0.2) is 0 Å². The molecule has 0 radical (unpaired) electrons. The quantitative estimate of drug-likeness (QED) is 0.215. The molecule has 192 valence electrons. The lowest BCUT2D eigenvalue weighted by Gasteiger charge is -2.24. The maximum atomic E-state index is 12.4. The number of carboxylic acid groups (broad SMARTS) is 1. The molecule has 0 aromatic carbocycles. The Morgan fingerprint density at radius 3 is 1.66 bits per heavy atom. The van der Waals surface area contributed by atoms with Crippen LogP contribution in [-0.4, -0.2) is 47.7 Å². The highest BCUT2D eigenvalue weighted by Crippen LogP contribution is 2.20. The van der Waals surface area contributed by atoms with Gasteiger partial charge in [-0.3, -0.25) is 9.59 Å². The van der Waals surface area contributed by atoms with E-state index in [0.29, 0.717) is 31.4 Å². The number of hydrogen-bond acceptors (Lipinski definition) is 3. The van der Waals surface area contributed by atoms with Gasteiger partial charge in [0.2, 0.25) is 5.91 Å². The summed E-state index contributed by atoms with van der Waals surface area (Å²) in [5.74, 6) is -0.350. The van der Waals surface area contributed by atoms with Crippen LogP contribution >= 0.6 is 0 Å². The molecule has 0 spiro atoms. The smallest absolute Gasteiger partial charge is 0.303 e. The van der Waals surface area contributed by atoms with E-state index in [2.05, 4.69) is 4.90 Å². The number of carboxylic acids is 1. The minimum Gasteiger partial charge on any atom is -0.481 e. The molecule has 0 aliphatic carbocycles. The Balaban J connectivity index is 0. The Kier molecular flexibility index (Phi) is 27.0. The number of rotatable bonds is 18. The number of hydrogen-bond donors (Lipinski definition) is 1. The molecule has 1 atom stereocenters. The van der Waals surface area contributed by atoms with Gasteiger partial charge in [-0.25, -0.2) is 0 Å².